The summed E-state index contributed by atoms with van der Waals surface area (Å²) >= 11 is 0. The molecular weight excluding hydrogens is 488 g/mol. The van der Waals surface area contributed by atoms with Gasteiger partial charge in [-0.05, 0) is 36.3 Å². The molecule has 0 spiro atoms. The Morgan fingerprint density at radius 2 is 1.60 bits per heavy atom. The molecule has 25 heavy (non-hydrogen) atoms. The zero-order valence-corrected chi connectivity index (χ0v) is 16.2. The van der Waals surface area contributed by atoms with E-state index in [0.717, 1.165) is 28.9 Å². The Morgan fingerprint density at radius 3 is 2.20 bits per heavy atom. The van der Waals surface area contributed by atoms with Gasteiger partial charge in [-0.15, -0.1) is 0 Å². The van der Waals surface area contributed by atoms with Crippen LogP contribution in [0.3, 0.4) is 0 Å². The predicted octanol–water partition coefficient (Wildman–Crippen LogP) is 2.32. The van der Waals surface area contributed by atoms with Gasteiger partial charge in [0.25, 0.3) is 0 Å². The number of aromatic nitrogens is 2. The van der Waals surface area contributed by atoms with Crippen LogP contribution in [0.25, 0.3) is 0 Å². The molecule has 127 valence electrons. The second-order valence-corrected chi connectivity index (χ2v) is 5.96. The summed E-state index contributed by atoms with van der Waals surface area (Å²) in [5.41, 5.74) is 3.75. The van der Waals surface area contributed by atoms with Crippen LogP contribution in [0.5, 0.6) is 0 Å². The van der Waals surface area contributed by atoms with Gasteiger partial charge in [0, 0.05) is 6.33 Å². The smallest absolute Gasteiger partial charge is 0.397 e. The molecule has 3 aromatic rings. The van der Waals surface area contributed by atoms with E-state index in [0.29, 0.717) is 13.0 Å². The van der Waals surface area contributed by atoms with Gasteiger partial charge < -0.3 is 19.7 Å². The molecule has 0 amide bonds. The topological polar surface area (TPSA) is 46.9 Å². The number of nitrogens with one attached hydrogen (secondary N) is 1. The Hall–Kier alpha value is -2.08. The van der Waals surface area contributed by atoms with Crippen LogP contribution in [0.1, 0.15) is 28.4 Å². The quantitative estimate of drug-likeness (QED) is 0.555. The van der Waals surface area contributed by atoms with Gasteiger partial charge in [-0.3, -0.25) is 0 Å². The Labute approximate surface area is 160 Å². The minimum Gasteiger partial charge on any atom is -0.397 e. The first-order chi connectivity index (χ1) is 11.8. The fourth-order valence-electron chi connectivity index (χ4n) is 3.25. The van der Waals surface area contributed by atoms with Crippen LogP contribution in [-0.4, -0.2) is 16.1 Å². The molecule has 0 bridgehead atoms. The predicted molar refractivity (Wildman–Crippen MR) is 92.9 cm³/mol. The van der Waals surface area contributed by atoms with Crippen molar-refractivity contribution in [3.8, 4) is 0 Å². The summed E-state index contributed by atoms with van der Waals surface area (Å²) in [6, 6.07) is 19.9. The fourth-order valence-corrected chi connectivity index (χ4v) is 3.25. The largest absolute Gasteiger partial charge is 1.00 e. The zero-order valence-electron chi connectivity index (χ0n) is 13.6. The molecule has 0 fully saturated rings. The number of fused-ring (bicyclic) bond motifs is 1. The van der Waals surface area contributed by atoms with Gasteiger partial charge in [0.05, 0.1) is 6.04 Å². The van der Waals surface area contributed by atoms with Crippen LogP contribution >= 0.6 is 0 Å². The van der Waals surface area contributed by atoms with E-state index < -0.39 is 0 Å². The Bertz CT molecular complexity index is 854. The summed E-state index contributed by atoms with van der Waals surface area (Å²) in [7, 11) is 0. The Balaban J connectivity index is 0.00000182. The molecule has 0 atom stereocenters. The summed E-state index contributed by atoms with van der Waals surface area (Å²) in [6.07, 6.45) is 3.69. The number of benzene rings is 2. The monoisotopic (exact) mass is 508 g/mol. The van der Waals surface area contributed by atoms with Gasteiger partial charge in [0.2, 0.25) is 0 Å². The number of rotatable bonds is 3. The van der Waals surface area contributed by atoms with E-state index in [1.807, 2.05) is 60.7 Å². The maximum Gasteiger partial charge on any atom is 1.00 e. The standard InChI is InChI=1S/C20H18N3O.Os/c24-20-17-11-12-21-13-18(17)22-14-23(20)19(15-7-3-1-4-8-15)16-9-5-2-6-10-16;/h1-10,19,21H,11-13H2;/q-1;+1. The normalized spacial score (nSPS) is 13.2. The van der Waals surface area contributed by atoms with E-state index in [9.17, 15) is 4.79 Å². The van der Waals surface area contributed by atoms with Crippen LogP contribution in [0, 0.1) is 6.33 Å². The van der Waals surface area contributed by atoms with Crippen LogP contribution in [0.2, 0.25) is 0 Å². The van der Waals surface area contributed by atoms with Crippen molar-refractivity contribution in [3.05, 3.63) is 99.7 Å². The summed E-state index contributed by atoms with van der Waals surface area (Å²) in [5.74, 6) is 0. The van der Waals surface area contributed by atoms with E-state index in [4.69, 9.17) is 0 Å². The molecule has 2 aromatic carbocycles. The summed E-state index contributed by atoms with van der Waals surface area (Å²) in [5, 5.41) is 3.25. The number of hydrogen-bond acceptors (Lipinski definition) is 3. The van der Waals surface area contributed by atoms with E-state index >= 15 is 0 Å². The summed E-state index contributed by atoms with van der Waals surface area (Å²) in [6.45, 7) is 1.46. The van der Waals surface area contributed by atoms with Crippen molar-refractivity contribution in [1.29, 1.82) is 0 Å². The van der Waals surface area contributed by atoms with Gasteiger partial charge in [-0.1, -0.05) is 66.2 Å². The fraction of sp³-hybridized carbons (Fsp3) is 0.200. The maximum absolute atomic E-state index is 13.1. The molecule has 0 saturated heterocycles. The van der Waals surface area contributed by atoms with Crippen molar-refractivity contribution in [2.75, 3.05) is 6.54 Å². The van der Waals surface area contributed by atoms with Crippen molar-refractivity contribution < 1.29 is 19.8 Å². The van der Waals surface area contributed by atoms with Gasteiger partial charge in [-0.2, -0.15) is 0 Å². The van der Waals surface area contributed by atoms with Crippen LogP contribution in [-0.2, 0) is 32.8 Å². The van der Waals surface area contributed by atoms with E-state index in [2.05, 4.69) is 16.6 Å². The molecule has 1 aliphatic heterocycles. The van der Waals surface area contributed by atoms with Gasteiger partial charge >= 0.3 is 19.8 Å². The SMILES string of the molecule is O=c1c2c(n[c-]n1C(c1ccccc1)c1ccccc1)CNCC2.[Os+]. The second-order valence-electron chi connectivity index (χ2n) is 5.96. The molecule has 4 nitrogen and oxygen atoms in total. The molecule has 2 heterocycles. The van der Waals surface area contributed by atoms with Crippen molar-refractivity contribution in [3.63, 3.8) is 0 Å². The van der Waals surface area contributed by atoms with E-state index in [-0.39, 0.29) is 31.4 Å². The zero-order chi connectivity index (χ0) is 16.4. The Morgan fingerprint density at radius 1 is 1.00 bits per heavy atom. The third kappa shape index (κ3) is 3.49. The third-order valence-corrected chi connectivity index (χ3v) is 4.45. The minimum atomic E-state index is -0.215. The van der Waals surface area contributed by atoms with Gasteiger partial charge in [0.15, 0.2) is 0 Å². The minimum absolute atomic E-state index is 0. The maximum atomic E-state index is 13.1. The van der Waals surface area contributed by atoms with Crippen LogP contribution in [0.4, 0.5) is 0 Å². The Kier molecular flexibility index (Phi) is 5.58. The number of nitrogens with zero attached hydrogens (tertiary/aromatic N) is 2. The molecule has 5 heteroatoms. The molecule has 4 rings (SSSR count). The molecule has 0 aliphatic carbocycles. The summed E-state index contributed by atoms with van der Waals surface area (Å²) in [4.78, 5) is 17.5. The van der Waals surface area contributed by atoms with Crippen molar-refractivity contribution >= 4 is 0 Å². The van der Waals surface area contributed by atoms with Crippen molar-refractivity contribution in [2.24, 2.45) is 0 Å². The molecule has 0 unspecified atom stereocenters. The van der Waals surface area contributed by atoms with Crippen molar-refractivity contribution in [2.45, 2.75) is 19.0 Å². The first kappa shape index (κ1) is 17.7. The molecule has 1 aliphatic rings. The molecule has 1 N–H and O–H groups in total. The van der Waals surface area contributed by atoms with Crippen LogP contribution < -0.4 is 10.9 Å². The third-order valence-electron chi connectivity index (χ3n) is 4.45. The van der Waals surface area contributed by atoms with E-state index in [1.165, 1.54) is 0 Å². The van der Waals surface area contributed by atoms with Crippen molar-refractivity contribution in [1.82, 2.24) is 14.9 Å². The van der Waals surface area contributed by atoms with Crippen LogP contribution in [0.15, 0.2) is 65.5 Å². The van der Waals surface area contributed by atoms with Gasteiger partial charge in [-0.25, -0.2) is 0 Å². The first-order valence-corrected chi connectivity index (χ1v) is 8.17. The van der Waals surface area contributed by atoms with Gasteiger partial charge in [0.1, 0.15) is 5.56 Å². The second kappa shape index (κ2) is 7.86. The molecular formula is C20H18N3OOs. The molecule has 0 saturated carbocycles. The molecule has 1 aromatic heterocycles. The first-order valence-electron chi connectivity index (χ1n) is 8.17. The summed E-state index contributed by atoms with van der Waals surface area (Å²) < 4.78 is 1.65. The van der Waals surface area contributed by atoms with E-state index in [1.54, 1.807) is 4.57 Å². The average molecular weight is 507 g/mol. The molecule has 1 radical (unpaired) electrons. The number of hydrogen-bond donors (Lipinski definition) is 1. The average Bonchev–Trinajstić information content (AvgIpc) is 2.66.